The molecule has 1 unspecified atom stereocenters. The molecule has 1 aromatic rings. The van der Waals surface area contributed by atoms with Crippen LogP contribution in [0.4, 0.5) is 0 Å². The average Bonchev–Trinajstić information content (AvgIpc) is 2.99. The van der Waals surface area contributed by atoms with Crippen molar-refractivity contribution in [2.24, 2.45) is 13.0 Å². The van der Waals surface area contributed by atoms with Crippen LogP contribution < -0.4 is 5.32 Å². The summed E-state index contributed by atoms with van der Waals surface area (Å²) in [6, 6.07) is 0. The Bertz CT molecular complexity index is 376. The minimum Gasteiger partial charge on any atom is -0.380 e. The van der Waals surface area contributed by atoms with Crippen molar-refractivity contribution in [1.29, 1.82) is 0 Å². The Morgan fingerprint density at radius 2 is 2.29 bits per heavy atom. The molecule has 4 nitrogen and oxygen atoms in total. The van der Waals surface area contributed by atoms with E-state index in [0.29, 0.717) is 5.92 Å². The van der Waals surface area contributed by atoms with Gasteiger partial charge in [0.2, 0.25) is 0 Å². The van der Waals surface area contributed by atoms with Gasteiger partial charge in [-0.05, 0) is 18.8 Å². The van der Waals surface area contributed by atoms with Crippen LogP contribution in [0.1, 0.15) is 30.0 Å². The summed E-state index contributed by atoms with van der Waals surface area (Å²) in [5.74, 6) is 1.33. The molecule has 5 heteroatoms. The lowest BCUT2D eigenvalue weighted by Gasteiger charge is -2.22. The van der Waals surface area contributed by atoms with Crippen LogP contribution in [-0.2, 0) is 18.3 Å². The van der Waals surface area contributed by atoms with Gasteiger partial charge in [0.25, 0.3) is 0 Å². The standard InChI is InChI=1S/C12H19N3O.ClH/c1-15-6-11-10(4-13-5-12(11)14-15)8-16-7-9-2-3-9;/h6,9-10,13H,2-5,7-8H2,1H3;1H. The molecule has 1 fully saturated rings. The van der Waals surface area contributed by atoms with E-state index < -0.39 is 0 Å². The van der Waals surface area contributed by atoms with E-state index in [2.05, 4.69) is 16.6 Å². The topological polar surface area (TPSA) is 39.1 Å². The molecular weight excluding hydrogens is 238 g/mol. The van der Waals surface area contributed by atoms with Crippen molar-refractivity contribution < 1.29 is 4.74 Å². The third-order valence-corrected chi connectivity index (χ3v) is 3.43. The lowest BCUT2D eigenvalue weighted by atomic mass is 9.97. The predicted molar refractivity (Wildman–Crippen MR) is 68.4 cm³/mol. The summed E-state index contributed by atoms with van der Waals surface area (Å²) in [7, 11) is 1.99. The van der Waals surface area contributed by atoms with Gasteiger partial charge in [0.1, 0.15) is 0 Å². The van der Waals surface area contributed by atoms with Crippen LogP contribution in [0.3, 0.4) is 0 Å². The fourth-order valence-corrected chi connectivity index (χ4v) is 2.32. The number of hydrogen-bond acceptors (Lipinski definition) is 3. The fourth-order valence-electron chi connectivity index (χ4n) is 2.32. The molecular formula is C12H20ClN3O. The smallest absolute Gasteiger partial charge is 0.0798 e. The van der Waals surface area contributed by atoms with E-state index in [1.54, 1.807) is 0 Å². The Morgan fingerprint density at radius 3 is 3.06 bits per heavy atom. The number of rotatable bonds is 4. The first-order valence-corrected chi connectivity index (χ1v) is 6.14. The Balaban J connectivity index is 0.00000108. The summed E-state index contributed by atoms with van der Waals surface area (Å²) in [4.78, 5) is 0. The number of nitrogens with one attached hydrogen (secondary N) is 1. The van der Waals surface area contributed by atoms with E-state index in [1.165, 1.54) is 24.1 Å². The molecule has 3 rings (SSSR count). The minimum atomic E-state index is 0. The molecule has 0 bridgehead atoms. The van der Waals surface area contributed by atoms with Gasteiger partial charge in [0, 0.05) is 44.4 Å². The van der Waals surface area contributed by atoms with Crippen LogP contribution in [0, 0.1) is 5.92 Å². The van der Waals surface area contributed by atoms with Crippen LogP contribution in [-0.4, -0.2) is 29.5 Å². The third kappa shape index (κ3) is 3.00. The number of halogens is 1. The van der Waals surface area contributed by atoms with Crippen LogP contribution in [0.25, 0.3) is 0 Å². The van der Waals surface area contributed by atoms with Gasteiger partial charge in [-0.2, -0.15) is 5.10 Å². The number of ether oxygens (including phenoxy) is 1. The molecule has 17 heavy (non-hydrogen) atoms. The molecule has 1 aromatic heterocycles. The molecule has 1 N–H and O–H groups in total. The quantitative estimate of drug-likeness (QED) is 0.888. The average molecular weight is 258 g/mol. The van der Waals surface area contributed by atoms with Gasteiger partial charge >= 0.3 is 0 Å². The van der Waals surface area contributed by atoms with Gasteiger partial charge in [0.05, 0.1) is 12.3 Å². The van der Waals surface area contributed by atoms with Crippen molar-refractivity contribution in [2.45, 2.75) is 25.3 Å². The molecule has 2 aliphatic rings. The van der Waals surface area contributed by atoms with Crippen LogP contribution in [0.5, 0.6) is 0 Å². The largest absolute Gasteiger partial charge is 0.380 e. The zero-order valence-corrected chi connectivity index (χ0v) is 11.0. The third-order valence-electron chi connectivity index (χ3n) is 3.43. The van der Waals surface area contributed by atoms with Crippen LogP contribution in [0.2, 0.25) is 0 Å². The predicted octanol–water partition coefficient (Wildman–Crippen LogP) is 1.46. The number of aromatic nitrogens is 2. The second-order valence-electron chi connectivity index (χ2n) is 5.01. The minimum absolute atomic E-state index is 0. The van der Waals surface area contributed by atoms with E-state index in [0.717, 1.165) is 32.2 Å². The first kappa shape index (κ1) is 12.9. The van der Waals surface area contributed by atoms with Crippen molar-refractivity contribution >= 4 is 12.4 Å². The zero-order valence-electron chi connectivity index (χ0n) is 10.2. The Morgan fingerprint density at radius 1 is 1.47 bits per heavy atom. The highest BCUT2D eigenvalue weighted by Crippen LogP contribution is 2.30. The van der Waals surface area contributed by atoms with E-state index in [4.69, 9.17) is 4.74 Å². The van der Waals surface area contributed by atoms with Crippen molar-refractivity contribution in [3.8, 4) is 0 Å². The molecule has 2 heterocycles. The summed E-state index contributed by atoms with van der Waals surface area (Å²) < 4.78 is 7.69. The number of hydrogen-bond donors (Lipinski definition) is 1. The maximum atomic E-state index is 5.79. The highest BCUT2D eigenvalue weighted by Gasteiger charge is 2.25. The van der Waals surface area contributed by atoms with E-state index in [9.17, 15) is 0 Å². The summed E-state index contributed by atoms with van der Waals surface area (Å²) in [5.41, 5.74) is 2.56. The van der Waals surface area contributed by atoms with Gasteiger partial charge in [-0.3, -0.25) is 4.68 Å². The van der Waals surface area contributed by atoms with Crippen molar-refractivity contribution in [1.82, 2.24) is 15.1 Å². The maximum Gasteiger partial charge on any atom is 0.0798 e. The van der Waals surface area contributed by atoms with E-state index >= 15 is 0 Å². The van der Waals surface area contributed by atoms with E-state index in [1.807, 2.05) is 11.7 Å². The molecule has 0 amide bonds. The number of aryl methyl sites for hydroxylation is 1. The molecule has 1 aliphatic carbocycles. The van der Waals surface area contributed by atoms with Crippen molar-refractivity contribution in [3.05, 3.63) is 17.5 Å². The van der Waals surface area contributed by atoms with Gasteiger partial charge in [-0.25, -0.2) is 0 Å². The van der Waals surface area contributed by atoms with Gasteiger partial charge in [-0.15, -0.1) is 12.4 Å². The zero-order chi connectivity index (χ0) is 11.0. The van der Waals surface area contributed by atoms with Crippen LogP contribution >= 0.6 is 12.4 Å². The molecule has 0 aromatic carbocycles. The van der Waals surface area contributed by atoms with Crippen molar-refractivity contribution in [3.63, 3.8) is 0 Å². The van der Waals surface area contributed by atoms with E-state index in [-0.39, 0.29) is 12.4 Å². The molecule has 0 saturated heterocycles. The second kappa shape index (κ2) is 5.38. The Kier molecular flexibility index (Phi) is 4.07. The Hall–Kier alpha value is -0.580. The van der Waals surface area contributed by atoms with Crippen molar-refractivity contribution in [2.75, 3.05) is 19.8 Å². The molecule has 1 aliphatic heterocycles. The summed E-state index contributed by atoms with van der Waals surface area (Å²) in [6.07, 6.45) is 4.86. The van der Waals surface area contributed by atoms with Gasteiger partial charge < -0.3 is 10.1 Å². The summed E-state index contributed by atoms with van der Waals surface area (Å²) >= 11 is 0. The van der Waals surface area contributed by atoms with Gasteiger partial charge in [-0.1, -0.05) is 0 Å². The maximum absolute atomic E-state index is 5.79. The fraction of sp³-hybridized carbons (Fsp3) is 0.750. The first-order valence-electron chi connectivity index (χ1n) is 6.14. The number of fused-ring (bicyclic) bond motifs is 1. The first-order chi connectivity index (χ1) is 7.83. The second-order valence-corrected chi connectivity index (χ2v) is 5.01. The molecule has 0 spiro atoms. The molecule has 96 valence electrons. The molecule has 0 radical (unpaired) electrons. The highest BCUT2D eigenvalue weighted by atomic mass is 35.5. The monoisotopic (exact) mass is 257 g/mol. The SMILES string of the molecule is Cl.Cn1cc2c(n1)CNCC2COCC1CC1. The normalized spacial score (nSPS) is 23.0. The van der Waals surface area contributed by atoms with Crippen LogP contribution in [0.15, 0.2) is 6.20 Å². The molecule has 1 atom stereocenters. The van der Waals surface area contributed by atoms with Gasteiger partial charge in [0.15, 0.2) is 0 Å². The highest BCUT2D eigenvalue weighted by molar-refractivity contribution is 5.85. The lowest BCUT2D eigenvalue weighted by molar-refractivity contribution is 0.108. The summed E-state index contributed by atoms with van der Waals surface area (Å²) in [6.45, 7) is 3.70. The lowest BCUT2D eigenvalue weighted by Crippen LogP contribution is -2.30. The molecule has 1 saturated carbocycles. The summed E-state index contributed by atoms with van der Waals surface area (Å²) in [5, 5.41) is 7.86. The Labute approximate surface area is 108 Å². The number of nitrogens with zero attached hydrogens (tertiary/aromatic N) is 2.